The number of aliphatic hydroxyl groups is 2. The SMILES string of the molecule is CC(CCCCCCCC=O)(Nc1cc(CO)cc(CO)c1)C(=O)O. The van der Waals surface area contributed by atoms with Crippen LogP contribution in [0.3, 0.4) is 0 Å². The number of benzene rings is 1. The second-order valence-electron chi connectivity index (χ2n) is 6.59. The monoisotopic (exact) mass is 351 g/mol. The van der Waals surface area contributed by atoms with Crippen LogP contribution in [0.1, 0.15) is 63.0 Å². The normalized spacial score (nSPS) is 13.2. The van der Waals surface area contributed by atoms with E-state index in [2.05, 4.69) is 5.32 Å². The van der Waals surface area contributed by atoms with Crippen molar-refractivity contribution in [1.82, 2.24) is 0 Å². The van der Waals surface area contributed by atoms with E-state index in [1.165, 1.54) is 0 Å². The topological polar surface area (TPSA) is 107 Å². The molecule has 0 bridgehead atoms. The van der Waals surface area contributed by atoms with Crippen LogP contribution in [0.4, 0.5) is 5.69 Å². The maximum atomic E-state index is 11.7. The van der Waals surface area contributed by atoms with Crippen LogP contribution in [0.2, 0.25) is 0 Å². The molecule has 0 fully saturated rings. The minimum atomic E-state index is -1.12. The van der Waals surface area contributed by atoms with E-state index >= 15 is 0 Å². The molecule has 4 N–H and O–H groups in total. The molecular formula is C19H29NO5. The average molecular weight is 351 g/mol. The van der Waals surface area contributed by atoms with E-state index in [4.69, 9.17) is 0 Å². The number of unbranched alkanes of at least 4 members (excludes halogenated alkanes) is 5. The number of carbonyl (C=O) groups is 2. The fourth-order valence-corrected chi connectivity index (χ4v) is 2.80. The Morgan fingerprint density at radius 3 is 2.12 bits per heavy atom. The first-order valence-electron chi connectivity index (χ1n) is 8.75. The summed E-state index contributed by atoms with van der Waals surface area (Å²) in [4.78, 5) is 22.0. The Bertz CT molecular complexity index is 538. The van der Waals surface area contributed by atoms with E-state index in [9.17, 15) is 24.9 Å². The van der Waals surface area contributed by atoms with Crippen LogP contribution in [-0.2, 0) is 22.8 Å². The van der Waals surface area contributed by atoms with Crippen molar-refractivity contribution in [3.05, 3.63) is 29.3 Å². The Labute approximate surface area is 148 Å². The molecule has 6 nitrogen and oxygen atoms in total. The Morgan fingerprint density at radius 2 is 1.60 bits per heavy atom. The molecule has 0 amide bonds. The molecule has 0 spiro atoms. The smallest absolute Gasteiger partial charge is 0.329 e. The lowest BCUT2D eigenvalue weighted by atomic mass is 9.93. The van der Waals surface area contributed by atoms with Crippen LogP contribution in [0, 0.1) is 0 Å². The number of aliphatic carboxylic acids is 1. The van der Waals surface area contributed by atoms with Crippen molar-refractivity contribution in [2.75, 3.05) is 5.32 Å². The first kappa shape index (κ1) is 21.1. The van der Waals surface area contributed by atoms with Crippen molar-refractivity contribution < 1.29 is 24.9 Å². The van der Waals surface area contributed by atoms with Gasteiger partial charge in [0, 0.05) is 12.1 Å². The lowest BCUT2D eigenvalue weighted by Gasteiger charge is -2.28. The Hall–Kier alpha value is -1.92. The fraction of sp³-hybridized carbons (Fsp3) is 0.579. The number of carboxylic acid groups (broad SMARTS) is 1. The molecule has 6 heteroatoms. The fourth-order valence-electron chi connectivity index (χ4n) is 2.80. The van der Waals surface area contributed by atoms with Crippen LogP contribution in [-0.4, -0.2) is 33.1 Å². The highest BCUT2D eigenvalue weighted by atomic mass is 16.4. The second-order valence-corrected chi connectivity index (χ2v) is 6.59. The predicted molar refractivity (Wildman–Crippen MR) is 96.3 cm³/mol. The van der Waals surface area contributed by atoms with Crippen LogP contribution < -0.4 is 5.32 Å². The van der Waals surface area contributed by atoms with Crippen LogP contribution in [0.5, 0.6) is 0 Å². The molecule has 1 rings (SSSR count). The molecule has 1 atom stereocenters. The summed E-state index contributed by atoms with van der Waals surface area (Å²) in [5.74, 6) is -0.937. The van der Waals surface area contributed by atoms with Crippen LogP contribution in [0.15, 0.2) is 18.2 Å². The molecule has 1 aromatic rings. The first-order valence-corrected chi connectivity index (χ1v) is 8.75. The minimum absolute atomic E-state index is 0.174. The average Bonchev–Trinajstić information content (AvgIpc) is 2.60. The molecule has 0 aliphatic heterocycles. The maximum Gasteiger partial charge on any atom is 0.329 e. The summed E-state index contributed by atoms with van der Waals surface area (Å²) in [7, 11) is 0. The number of aldehydes is 1. The van der Waals surface area contributed by atoms with Crippen molar-refractivity contribution in [3.63, 3.8) is 0 Å². The highest BCUT2D eigenvalue weighted by Crippen LogP contribution is 2.24. The first-order chi connectivity index (χ1) is 11.9. The van der Waals surface area contributed by atoms with Gasteiger partial charge in [0.25, 0.3) is 0 Å². The van der Waals surface area contributed by atoms with Crippen LogP contribution >= 0.6 is 0 Å². The van der Waals surface area contributed by atoms with Gasteiger partial charge in [-0.05, 0) is 43.0 Å². The van der Waals surface area contributed by atoms with Crippen molar-refractivity contribution in [1.29, 1.82) is 0 Å². The molecule has 0 aliphatic carbocycles. The Morgan fingerprint density at radius 1 is 1.04 bits per heavy atom. The summed E-state index contributed by atoms with van der Waals surface area (Å²) in [6.07, 6.45) is 6.51. The molecule has 140 valence electrons. The maximum absolute atomic E-state index is 11.7. The van der Waals surface area contributed by atoms with Crippen molar-refractivity contribution in [2.24, 2.45) is 0 Å². The standard InChI is InChI=1S/C19H29NO5/c1-19(18(24)25,8-6-4-2-3-5-7-9-21)20-17-11-15(13-22)10-16(12-17)14-23/h9-12,20,22-23H,2-8,13-14H2,1H3,(H,24,25). The van der Waals surface area contributed by atoms with Gasteiger partial charge in [-0.1, -0.05) is 31.7 Å². The van der Waals surface area contributed by atoms with Gasteiger partial charge in [0.2, 0.25) is 0 Å². The zero-order valence-electron chi connectivity index (χ0n) is 14.8. The van der Waals surface area contributed by atoms with E-state index in [0.717, 1.165) is 38.4 Å². The predicted octanol–water partition coefficient (Wildman–Crippen LogP) is 2.86. The number of carboxylic acids is 1. The summed E-state index contributed by atoms with van der Waals surface area (Å²) >= 11 is 0. The van der Waals surface area contributed by atoms with Gasteiger partial charge < -0.3 is 25.4 Å². The number of nitrogens with one attached hydrogen (secondary N) is 1. The molecule has 0 aliphatic rings. The van der Waals surface area contributed by atoms with E-state index in [0.29, 0.717) is 29.7 Å². The van der Waals surface area contributed by atoms with Gasteiger partial charge in [0.1, 0.15) is 11.8 Å². The van der Waals surface area contributed by atoms with E-state index in [1.807, 2.05) is 0 Å². The van der Waals surface area contributed by atoms with E-state index in [-0.39, 0.29) is 13.2 Å². The third-order valence-corrected chi connectivity index (χ3v) is 4.31. The quantitative estimate of drug-likeness (QED) is 0.322. The number of hydrogen-bond donors (Lipinski definition) is 4. The Balaban J connectivity index is 2.66. The molecule has 25 heavy (non-hydrogen) atoms. The molecule has 0 saturated heterocycles. The summed E-state index contributed by atoms with van der Waals surface area (Å²) in [6.45, 7) is 1.30. The van der Waals surface area contributed by atoms with Gasteiger partial charge in [-0.15, -0.1) is 0 Å². The molecule has 0 aromatic heterocycles. The number of carbonyl (C=O) groups excluding carboxylic acids is 1. The van der Waals surface area contributed by atoms with Crippen molar-refractivity contribution in [2.45, 2.75) is 70.6 Å². The largest absolute Gasteiger partial charge is 0.480 e. The molecule has 1 aromatic carbocycles. The van der Waals surface area contributed by atoms with Gasteiger partial charge in [-0.2, -0.15) is 0 Å². The number of rotatable bonds is 13. The summed E-state index contributed by atoms with van der Waals surface area (Å²) in [5, 5.41) is 31.3. The van der Waals surface area contributed by atoms with Crippen LogP contribution in [0.25, 0.3) is 0 Å². The zero-order chi connectivity index (χ0) is 18.7. The molecule has 0 heterocycles. The van der Waals surface area contributed by atoms with Gasteiger partial charge in [0.15, 0.2) is 0 Å². The lowest BCUT2D eigenvalue weighted by Crippen LogP contribution is -2.43. The minimum Gasteiger partial charge on any atom is -0.480 e. The third kappa shape index (κ3) is 7.23. The number of aliphatic hydroxyl groups excluding tert-OH is 2. The molecule has 0 radical (unpaired) electrons. The van der Waals surface area contributed by atoms with Gasteiger partial charge in [-0.25, -0.2) is 4.79 Å². The molecule has 1 unspecified atom stereocenters. The van der Waals surface area contributed by atoms with Gasteiger partial charge in [0.05, 0.1) is 13.2 Å². The summed E-state index contributed by atoms with van der Waals surface area (Å²) in [5.41, 5.74) is 0.698. The number of anilines is 1. The van der Waals surface area contributed by atoms with E-state index in [1.54, 1.807) is 25.1 Å². The molecular weight excluding hydrogens is 322 g/mol. The van der Waals surface area contributed by atoms with Gasteiger partial charge >= 0.3 is 5.97 Å². The highest BCUT2D eigenvalue weighted by Gasteiger charge is 2.32. The zero-order valence-corrected chi connectivity index (χ0v) is 14.8. The summed E-state index contributed by atoms with van der Waals surface area (Å²) < 4.78 is 0. The summed E-state index contributed by atoms with van der Waals surface area (Å²) in [6, 6.07) is 5.07. The number of hydrogen-bond acceptors (Lipinski definition) is 5. The second kappa shape index (κ2) is 10.8. The van der Waals surface area contributed by atoms with Crippen molar-refractivity contribution >= 4 is 17.9 Å². The van der Waals surface area contributed by atoms with Crippen molar-refractivity contribution in [3.8, 4) is 0 Å². The third-order valence-electron chi connectivity index (χ3n) is 4.31. The highest BCUT2D eigenvalue weighted by molar-refractivity contribution is 5.82. The van der Waals surface area contributed by atoms with Gasteiger partial charge in [-0.3, -0.25) is 0 Å². The lowest BCUT2D eigenvalue weighted by molar-refractivity contribution is -0.142. The molecule has 0 saturated carbocycles. The Kier molecular flexibility index (Phi) is 9.16. The van der Waals surface area contributed by atoms with E-state index < -0.39 is 11.5 Å².